The minimum absolute atomic E-state index is 0.220. The van der Waals surface area contributed by atoms with Crippen molar-refractivity contribution in [3.63, 3.8) is 0 Å². The van der Waals surface area contributed by atoms with Gasteiger partial charge in [0.05, 0.1) is 6.54 Å². The van der Waals surface area contributed by atoms with Crippen molar-refractivity contribution in [1.29, 1.82) is 0 Å². The number of hydrogen-bond donors (Lipinski definition) is 2. The van der Waals surface area contributed by atoms with Gasteiger partial charge in [-0.25, -0.2) is 9.38 Å². The molecule has 0 saturated carbocycles. The highest BCUT2D eigenvalue weighted by Gasteiger charge is 2.22. The van der Waals surface area contributed by atoms with Gasteiger partial charge in [-0.15, -0.1) is 0 Å². The van der Waals surface area contributed by atoms with E-state index in [0.717, 1.165) is 37.7 Å². The zero-order valence-corrected chi connectivity index (χ0v) is 15.3. The molecule has 0 radical (unpaired) electrons. The lowest BCUT2D eigenvalue weighted by molar-refractivity contribution is 0.565. The number of nitrogens with zero attached hydrogens (tertiary/aromatic N) is 2. The second kappa shape index (κ2) is 9.22. The zero-order chi connectivity index (χ0) is 18.2. The average molecular weight is 354 g/mol. The molecule has 4 nitrogen and oxygen atoms in total. The molecule has 1 aliphatic rings. The molecule has 0 bridgehead atoms. The van der Waals surface area contributed by atoms with Crippen molar-refractivity contribution in [2.24, 2.45) is 10.9 Å². The fourth-order valence-corrected chi connectivity index (χ4v) is 3.26. The molecular formula is C21H27FN4. The third kappa shape index (κ3) is 5.22. The summed E-state index contributed by atoms with van der Waals surface area (Å²) in [4.78, 5) is 7.01. The molecule has 1 saturated heterocycles. The van der Waals surface area contributed by atoms with E-state index in [1.54, 1.807) is 6.07 Å². The van der Waals surface area contributed by atoms with Crippen LogP contribution in [0, 0.1) is 11.7 Å². The summed E-state index contributed by atoms with van der Waals surface area (Å²) in [6.45, 7) is 6.35. The predicted molar refractivity (Wildman–Crippen MR) is 106 cm³/mol. The Balaban J connectivity index is 1.51. The molecule has 0 aromatic heterocycles. The van der Waals surface area contributed by atoms with Crippen molar-refractivity contribution >= 4 is 11.6 Å². The molecule has 0 aliphatic carbocycles. The third-order valence-electron chi connectivity index (χ3n) is 4.62. The second-order valence-electron chi connectivity index (χ2n) is 6.64. The summed E-state index contributed by atoms with van der Waals surface area (Å²) in [5.74, 6) is 1.16. The van der Waals surface area contributed by atoms with Crippen LogP contribution in [0.2, 0.25) is 0 Å². The largest absolute Gasteiger partial charge is 0.371 e. The van der Waals surface area contributed by atoms with Crippen LogP contribution >= 0.6 is 0 Å². The quantitative estimate of drug-likeness (QED) is 0.617. The second-order valence-corrected chi connectivity index (χ2v) is 6.64. The van der Waals surface area contributed by atoms with Crippen molar-refractivity contribution in [2.45, 2.75) is 19.9 Å². The van der Waals surface area contributed by atoms with Crippen LogP contribution < -0.4 is 15.5 Å². The molecule has 26 heavy (non-hydrogen) atoms. The number of nitrogens with one attached hydrogen (secondary N) is 2. The van der Waals surface area contributed by atoms with Crippen LogP contribution in [0.15, 0.2) is 59.6 Å². The summed E-state index contributed by atoms with van der Waals surface area (Å²) in [5.41, 5.74) is 2.17. The maximum Gasteiger partial charge on any atom is 0.191 e. The van der Waals surface area contributed by atoms with Crippen molar-refractivity contribution in [3.05, 3.63) is 66.0 Å². The van der Waals surface area contributed by atoms with Crippen LogP contribution in [0.3, 0.4) is 0 Å². The van der Waals surface area contributed by atoms with Crippen molar-refractivity contribution < 1.29 is 4.39 Å². The summed E-state index contributed by atoms with van der Waals surface area (Å²) in [6.07, 6.45) is 1.17. The topological polar surface area (TPSA) is 39.7 Å². The highest BCUT2D eigenvalue weighted by atomic mass is 19.1. The number of aliphatic imine (C=N–C) groups is 1. The number of rotatable bonds is 6. The van der Waals surface area contributed by atoms with Crippen molar-refractivity contribution in [1.82, 2.24) is 10.6 Å². The highest BCUT2D eigenvalue weighted by molar-refractivity contribution is 5.79. The molecule has 0 spiro atoms. The summed E-state index contributed by atoms with van der Waals surface area (Å²) < 4.78 is 13.3. The molecule has 1 aliphatic heterocycles. The van der Waals surface area contributed by atoms with Crippen LogP contribution in [0.4, 0.5) is 10.1 Å². The molecule has 2 aromatic rings. The van der Waals surface area contributed by atoms with E-state index in [0.29, 0.717) is 12.5 Å². The van der Waals surface area contributed by atoms with Crippen LogP contribution in [-0.4, -0.2) is 32.1 Å². The number of para-hydroxylation sites is 1. The fourth-order valence-electron chi connectivity index (χ4n) is 3.26. The van der Waals surface area contributed by atoms with Gasteiger partial charge in [0.2, 0.25) is 0 Å². The van der Waals surface area contributed by atoms with Crippen LogP contribution in [-0.2, 0) is 6.54 Å². The fraction of sp³-hybridized carbons (Fsp3) is 0.381. The number of benzene rings is 2. The van der Waals surface area contributed by atoms with E-state index in [9.17, 15) is 4.39 Å². The van der Waals surface area contributed by atoms with Gasteiger partial charge in [-0.1, -0.05) is 30.3 Å². The Kier molecular flexibility index (Phi) is 6.47. The average Bonchev–Trinajstić information content (AvgIpc) is 3.14. The number of hydrogen-bond acceptors (Lipinski definition) is 2. The Bertz CT molecular complexity index is 717. The first-order chi connectivity index (χ1) is 12.7. The summed E-state index contributed by atoms with van der Waals surface area (Å²) in [7, 11) is 0. The maximum atomic E-state index is 13.3. The normalized spacial score (nSPS) is 17.4. The van der Waals surface area contributed by atoms with Crippen molar-refractivity contribution in [3.8, 4) is 0 Å². The first-order valence-corrected chi connectivity index (χ1v) is 9.31. The summed E-state index contributed by atoms with van der Waals surface area (Å²) in [5, 5.41) is 6.70. The first kappa shape index (κ1) is 18.2. The maximum absolute atomic E-state index is 13.3. The van der Waals surface area contributed by atoms with Gasteiger partial charge < -0.3 is 15.5 Å². The lowest BCUT2D eigenvalue weighted by atomic mass is 10.1. The number of anilines is 1. The van der Waals surface area contributed by atoms with E-state index in [1.165, 1.54) is 24.2 Å². The number of halogens is 1. The van der Waals surface area contributed by atoms with Crippen molar-refractivity contribution in [2.75, 3.05) is 31.1 Å². The molecule has 1 unspecified atom stereocenters. The van der Waals surface area contributed by atoms with E-state index in [2.05, 4.69) is 50.9 Å². The van der Waals surface area contributed by atoms with Gasteiger partial charge in [0.25, 0.3) is 0 Å². The summed E-state index contributed by atoms with van der Waals surface area (Å²) in [6, 6.07) is 17.2. The first-order valence-electron chi connectivity index (χ1n) is 9.31. The molecule has 1 heterocycles. The highest BCUT2D eigenvalue weighted by Crippen LogP contribution is 2.22. The van der Waals surface area contributed by atoms with Gasteiger partial charge in [-0.2, -0.15) is 0 Å². The lowest BCUT2D eigenvalue weighted by Gasteiger charge is -2.19. The zero-order valence-electron chi connectivity index (χ0n) is 15.3. The standard InChI is InChI=1S/C21H27FN4/c1-2-23-21(24-14-17-7-6-8-19(22)13-17)25-15-18-11-12-26(16-18)20-9-4-3-5-10-20/h3-10,13,18H,2,11-12,14-16H2,1H3,(H2,23,24,25). The number of guanidine groups is 1. The SMILES string of the molecule is CCNC(=NCc1cccc(F)c1)NCC1CCN(c2ccccc2)C1. The summed E-state index contributed by atoms with van der Waals surface area (Å²) >= 11 is 0. The van der Waals surface area contributed by atoms with E-state index in [4.69, 9.17) is 0 Å². The Hall–Kier alpha value is -2.56. The monoisotopic (exact) mass is 354 g/mol. The third-order valence-corrected chi connectivity index (χ3v) is 4.62. The van der Waals surface area contributed by atoms with E-state index < -0.39 is 0 Å². The van der Waals surface area contributed by atoms with Gasteiger partial charge in [0, 0.05) is 31.9 Å². The molecule has 138 valence electrons. The smallest absolute Gasteiger partial charge is 0.191 e. The molecule has 2 aromatic carbocycles. The predicted octanol–water partition coefficient (Wildman–Crippen LogP) is 3.41. The molecule has 0 amide bonds. The molecule has 1 atom stereocenters. The molecule has 2 N–H and O–H groups in total. The van der Waals surface area contributed by atoms with E-state index in [-0.39, 0.29) is 5.82 Å². The Morgan fingerprint density at radius 3 is 2.77 bits per heavy atom. The molecule has 1 fully saturated rings. The van der Waals surface area contributed by atoms with E-state index in [1.807, 2.05) is 13.0 Å². The molecule has 3 rings (SSSR count). The van der Waals surface area contributed by atoms with Gasteiger partial charge in [-0.05, 0) is 49.1 Å². The van der Waals surface area contributed by atoms with Gasteiger partial charge in [0.15, 0.2) is 5.96 Å². The van der Waals surface area contributed by atoms with Gasteiger partial charge in [-0.3, -0.25) is 0 Å². The Morgan fingerprint density at radius 1 is 1.15 bits per heavy atom. The Morgan fingerprint density at radius 2 is 2.00 bits per heavy atom. The van der Waals surface area contributed by atoms with E-state index >= 15 is 0 Å². The minimum Gasteiger partial charge on any atom is -0.371 e. The molecular weight excluding hydrogens is 327 g/mol. The van der Waals surface area contributed by atoms with Gasteiger partial charge in [0.1, 0.15) is 5.82 Å². The minimum atomic E-state index is -0.220. The van der Waals surface area contributed by atoms with Crippen LogP contribution in [0.1, 0.15) is 18.9 Å². The van der Waals surface area contributed by atoms with Crippen LogP contribution in [0.25, 0.3) is 0 Å². The molecule has 5 heteroatoms. The lowest BCUT2D eigenvalue weighted by Crippen LogP contribution is -2.40. The van der Waals surface area contributed by atoms with Crippen LogP contribution in [0.5, 0.6) is 0 Å². The Labute approximate surface area is 155 Å². The van der Waals surface area contributed by atoms with Gasteiger partial charge >= 0.3 is 0 Å².